The Bertz CT molecular complexity index is 224. The van der Waals surface area contributed by atoms with Gasteiger partial charge in [0.25, 0.3) is 0 Å². The zero-order chi connectivity index (χ0) is 7.62. The molecule has 0 aromatic rings. The van der Waals surface area contributed by atoms with Gasteiger partial charge in [-0.1, -0.05) is 0 Å². The first kappa shape index (κ1) is 6.72. The van der Waals surface area contributed by atoms with Crippen molar-refractivity contribution in [3.63, 3.8) is 0 Å². The fourth-order valence-corrected chi connectivity index (χ4v) is 2.46. The summed E-state index contributed by atoms with van der Waals surface area (Å²) in [6.45, 7) is 1.32. The highest BCUT2D eigenvalue weighted by molar-refractivity contribution is 7.50. The van der Waals surface area contributed by atoms with Crippen LogP contribution in [-0.2, 0) is 18.1 Å². The van der Waals surface area contributed by atoms with Gasteiger partial charge in [-0.05, 0) is 6.92 Å². The van der Waals surface area contributed by atoms with E-state index in [0.29, 0.717) is 0 Å². The molecule has 10 heavy (non-hydrogen) atoms. The van der Waals surface area contributed by atoms with Crippen LogP contribution in [0.15, 0.2) is 0 Å². The first-order chi connectivity index (χ1) is 4.37. The Labute approximate surface area is 56.5 Å². The van der Waals surface area contributed by atoms with E-state index < -0.39 is 19.5 Å². The minimum atomic E-state index is -3.46. The summed E-state index contributed by atoms with van der Waals surface area (Å²) in [5.74, 6) is -2.01. The molecule has 6 nitrogen and oxygen atoms in total. The summed E-state index contributed by atoms with van der Waals surface area (Å²) in [6.07, 6.45) is 0. The lowest BCUT2D eigenvalue weighted by atomic mass is 10.2. The fourth-order valence-electron chi connectivity index (χ4n) is 0.818. The van der Waals surface area contributed by atoms with Gasteiger partial charge in [0.15, 0.2) is 0 Å². The normalized spacial score (nSPS) is 65.9. The average molecular weight is 167 g/mol. The zero-order valence-corrected chi connectivity index (χ0v) is 6.00. The molecule has 0 spiro atoms. The van der Waals surface area contributed by atoms with Crippen LogP contribution in [0.5, 0.6) is 0 Å². The van der Waals surface area contributed by atoms with E-state index in [4.69, 9.17) is 10.8 Å². The van der Waals surface area contributed by atoms with Gasteiger partial charge in [-0.25, -0.2) is 13.6 Å². The van der Waals surface area contributed by atoms with Crippen molar-refractivity contribution in [2.75, 3.05) is 0 Å². The Morgan fingerprint density at radius 2 is 2.00 bits per heavy atom. The Morgan fingerprint density at radius 1 is 1.50 bits per heavy atom. The zero-order valence-electron chi connectivity index (χ0n) is 5.10. The van der Waals surface area contributed by atoms with Crippen molar-refractivity contribution in [1.82, 2.24) is 0 Å². The van der Waals surface area contributed by atoms with Gasteiger partial charge in [-0.3, -0.25) is 10.3 Å². The molecule has 1 unspecified atom stereocenters. The lowest BCUT2D eigenvalue weighted by molar-refractivity contribution is -0.344. The standard InChI is InChI=1S/C3H6NO5P/c1-2(4)3(5)8-10(6,7-2)9-3/h5H,4H2,1H3. The van der Waals surface area contributed by atoms with Crippen molar-refractivity contribution in [3.8, 4) is 0 Å². The number of nitrogens with two attached hydrogens (primary N) is 1. The van der Waals surface area contributed by atoms with Crippen LogP contribution in [0.3, 0.4) is 0 Å². The molecule has 3 aliphatic rings. The summed E-state index contributed by atoms with van der Waals surface area (Å²) in [5, 5.41) is 9.09. The molecule has 0 radical (unpaired) electrons. The average Bonchev–Trinajstić information content (AvgIpc) is 1.79. The molecule has 0 aromatic carbocycles. The van der Waals surface area contributed by atoms with Gasteiger partial charge in [-0.15, -0.1) is 0 Å². The molecule has 3 N–H and O–H groups in total. The molecule has 2 bridgehead atoms. The second-order valence-corrected chi connectivity index (χ2v) is 3.85. The molecule has 3 fully saturated rings. The van der Waals surface area contributed by atoms with Crippen LogP contribution in [0.25, 0.3) is 0 Å². The van der Waals surface area contributed by atoms with Crippen LogP contribution in [0.4, 0.5) is 0 Å². The first-order valence-electron chi connectivity index (χ1n) is 2.60. The summed E-state index contributed by atoms with van der Waals surface area (Å²) in [5.41, 5.74) is 3.76. The monoisotopic (exact) mass is 167 g/mol. The van der Waals surface area contributed by atoms with Crippen LogP contribution in [0.1, 0.15) is 6.92 Å². The molecule has 0 amide bonds. The van der Waals surface area contributed by atoms with Crippen molar-refractivity contribution in [2.24, 2.45) is 5.73 Å². The molecule has 58 valence electrons. The maximum absolute atomic E-state index is 10.8. The predicted molar refractivity (Wildman–Crippen MR) is 28.4 cm³/mol. The van der Waals surface area contributed by atoms with Crippen molar-refractivity contribution >= 4 is 7.82 Å². The maximum atomic E-state index is 10.8. The minimum Gasteiger partial charge on any atom is -0.339 e. The molecule has 0 saturated carbocycles. The quantitative estimate of drug-likeness (QED) is 0.472. The van der Waals surface area contributed by atoms with Crippen molar-refractivity contribution in [3.05, 3.63) is 0 Å². The van der Waals surface area contributed by atoms with Gasteiger partial charge in [0.05, 0.1) is 0 Å². The first-order valence-corrected chi connectivity index (χ1v) is 4.07. The number of hydrogen-bond donors (Lipinski definition) is 2. The Morgan fingerprint density at radius 3 is 2.10 bits per heavy atom. The third kappa shape index (κ3) is 0.543. The van der Waals surface area contributed by atoms with E-state index in [2.05, 4.69) is 13.6 Å². The number of rotatable bonds is 0. The van der Waals surface area contributed by atoms with Crippen molar-refractivity contribution in [2.45, 2.75) is 18.6 Å². The molecule has 3 heterocycles. The third-order valence-corrected chi connectivity index (χ3v) is 2.94. The number of aliphatic hydroxyl groups is 1. The lowest BCUT2D eigenvalue weighted by Crippen LogP contribution is -2.57. The number of phosphoric ester groups is 1. The topological polar surface area (TPSA) is 91.0 Å². The van der Waals surface area contributed by atoms with Crippen LogP contribution in [0.2, 0.25) is 0 Å². The van der Waals surface area contributed by atoms with E-state index in [1.54, 1.807) is 0 Å². The highest BCUT2D eigenvalue weighted by atomic mass is 31.2. The minimum absolute atomic E-state index is 1.32. The summed E-state index contributed by atoms with van der Waals surface area (Å²) < 4.78 is 24.1. The number of fused-ring (bicyclic) bond motifs is 1. The predicted octanol–water partition coefficient (Wildman–Crippen LogP) is -0.507. The highest BCUT2D eigenvalue weighted by Crippen LogP contribution is 2.75. The molecule has 7 heteroatoms. The molecular formula is C3H6NO5P. The largest absolute Gasteiger partial charge is 0.485 e. The smallest absolute Gasteiger partial charge is 0.339 e. The van der Waals surface area contributed by atoms with Crippen molar-refractivity contribution in [1.29, 1.82) is 0 Å². The Balaban J connectivity index is 2.41. The molecule has 0 aliphatic carbocycles. The van der Waals surface area contributed by atoms with E-state index in [9.17, 15) is 4.57 Å². The second kappa shape index (κ2) is 1.32. The van der Waals surface area contributed by atoms with Crippen LogP contribution >= 0.6 is 7.82 Å². The number of hydrogen-bond acceptors (Lipinski definition) is 6. The summed E-state index contributed by atoms with van der Waals surface area (Å²) in [7, 11) is -3.46. The lowest BCUT2D eigenvalue weighted by Gasteiger charge is -2.31. The van der Waals surface area contributed by atoms with Gasteiger partial charge in [0.2, 0.25) is 5.72 Å². The summed E-state index contributed by atoms with van der Waals surface area (Å²) >= 11 is 0. The summed E-state index contributed by atoms with van der Waals surface area (Å²) in [4.78, 5) is 0. The SMILES string of the molecule is CC1(N)OP2(=O)OC1(O)O2. The Kier molecular flexibility index (Phi) is 0.885. The van der Waals surface area contributed by atoms with E-state index in [1.807, 2.05) is 0 Å². The number of phosphoric acid groups is 1. The van der Waals surface area contributed by atoms with E-state index in [0.717, 1.165) is 0 Å². The molecule has 1 atom stereocenters. The van der Waals surface area contributed by atoms with Gasteiger partial charge >= 0.3 is 13.8 Å². The Hall–Kier alpha value is 0.0300. The van der Waals surface area contributed by atoms with Gasteiger partial charge in [-0.2, -0.15) is 0 Å². The highest BCUT2D eigenvalue weighted by Gasteiger charge is 2.76. The molecule has 3 saturated heterocycles. The molecular weight excluding hydrogens is 161 g/mol. The van der Waals surface area contributed by atoms with Crippen LogP contribution in [0, 0.1) is 0 Å². The fraction of sp³-hybridized carbons (Fsp3) is 1.00. The molecule has 3 rings (SSSR count). The molecule has 3 aliphatic heterocycles. The van der Waals surface area contributed by atoms with E-state index in [1.165, 1.54) is 6.92 Å². The van der Waals surface area contributed by atoms with Gasteiger partial charge < -0.3 is 5.11 Å². The summed E-state index contributed by atoms with van der Waals surface area (Å²) in [6, 6.07) is 0. The third-order valence-electron chi connectivity index (χ3n) is 1.40. The van der Waals surface area contributed by atoms with E-state index in [-0.39, 0.29) is 0 Å². The van der Waals surface area contributed by atoms with E-state index >= 15 is 0 Å². The van der Waals surface area contributed by atoms with Crippen molar-refractivity contribution < 1.29 is 23.2 Å². The van der Waals surface area contributed by atoms with Crippen LogP contribution < -0.4 is 5.73 Å². The van der Waals surface area contributed by atoms with Gasteiger partial charge in [0, 0.05) is 0 Å². The molecule has 0 aromatic heterocycles. The second-order valence-electron chi connectivity index (χ2n) is 2.41. The van der Waals surface area contributed by atoms with Crippen LogP contribution in [-0.4, -0.2) is 16.8 Å². The maximum Gasteiger partial charge on any atom is 0.485 e. The van der Waals surface area contributed by atoms with Gasteiger partial charge in [0.1, 0.15) is 0 Å².